The third kappa shape index (κ3) is 3.13. The van der Waals surface area contributed by atoms with Crippen LogP contribution >= 0.6 is 15.9 Å². The molecule has 0 saturated heterocycles. The first-order valence-electron chi connectivity index (χ1n) is 6.19. The van der Waals surface area contributed by atoms with Gasteiger partial charge >= 0.3 is 0 Å². The molecule has 1 N–H and O–H groups in total. The molecule has 0 atom stereocenters. The van der Waals surface area contributed by atoms with E-state index in [2.05, 4.69) is 42.4 Å². The second-order valence-corrected chi connectivity index (χ2v) is 5.77. The van der Waals surface area contributed by atoms with Crippen molar-refractivity contribution in [2.75, 3.05) is 12.4 Å². The van der Waals surface area contributed by atoms with Crippen LogP contribution in [-0.4, -0.2) is 26.9 Å². The summed E-state index contributed by atoms with van der Waals surface area (Å²) < 4.78 is 7.42. The maximum atomic E-state index is 9.16. The number of nitrogens with one attached hydrogen (secondary N) is 1. The lowest BCUT2D eigenvalue weighted by atomic mass is 10.1. The highest BCUT2D eigenvalue weighted by Gasteiger charge is 2.22. The minimum absolute atomic E-state index is 0.396. The van der Waals surface area contributed by atoms with Crippen molar-refractivity contribution in [1.29, 1.82) is 5.26 Å². The van der Waals surface area contributed by atoms with Crippen molar-refractivity contribution in [3.8, 4) is 11.9 Å². The first-order valence-corrected chi connectivity index (χ1v) is 6.98. The highest BCUT2D eigenvalue weighted by atomic mass is 79.9. The fourth-order valence-corrected chi connectivity index (χ4v) is 1.95. The van der Waals surface area contributed by atoms with E-state index >= 15 is 0 Å². The Bertz CT molecular complexity index is 703. The molecule has 0 fully saturated rings. The fourth-order valence-electron chi connectivity index (χ4n) is 1.60. The first kappa shape index (κ1) is 15.3. The summed E-state index contributed by atoms with van der Waals surface area (Å²) >= 11 is 3.30. The molecule has 7 nitrogen and oxygen atoms in total. The molecule has 2 aromatic rings. The third-order valence-electron chi connectivity index (χ3n) is 2.90. The molecule has 0 unspecified atom stereocenters. The van der Waals surface area contributed by atoms with Crippen LogP contribution in [0.4, 0.5) is 11.6 Å². The van der Waals surface area contributed by atoms with Gasteiger partial charge in [0, 0.05) is 0 Å². The Morgan fingerprint density at radius 3 is 2.81 bits per heavy atom. The zero-order chi connectivity index (χ0) is 15.6. The Kier molecular flexibility index (Phi) is 4.14. The molecule has 0 aliphatic carbocycles. The molecular weight excluding hydrogens is 336 g/mol. The molecule has 0 saturated carbocycles. The summed E-state index contributed by atoms with van der Waals surface area (Å²) in [4.78, 5) is 8.39. The fraction of sp³-hybridized carbons (Fsp3) is 0.385. The van der Waals surface area contributed by atoms with E-state index in [9.17, 15) is 0 Å². The number of halogens is 1. The lowest BCUT2D eigenvalue weighted by molar-refractivity contribution is 0.394. The number of hydrogen-bond donors (Lipinski definition) is 1. The zero-order valence-corrected chi connectivity index (χ0v) is 13.8. The molecular formula is C13H15BrN6O. The second kappa shape index (κ2) is 5.69. The predicted octanol–water partition coefficient (Wildman–Crippen LogP) is 2.75. The number of anilines is 2. The van der Waals surface area contributed by atoms with Crippen LogP contribution in [0.15, 0.2) is 16.9 Å². The van der Waals surface area contributed by atoms with Gasteiger partial charge in [0.1, 0.15) is 5.54 Å². The van der Waals surface area contributed by atoms with Gasteiger partial charge in [0.2, 0.25) is 11.8 Å². The largest absolute Gasteiger partial charge is 0.480 e. The van der Waals surface area contributed by atoms with Gasteiger partial charge in [-0.15, -0.1) is 0 Å². The molecule has 2 aromatic heterocycles. The molecule has 0 bridgehead atoms. The number of methoxy groups -OCH3 is 1. The highest BCUT2D eigenvalue weighted by Crippen LogP contribution is 2.25. The minimum atomic E-state index is -0.719. The molecule has 8 heteroatoms. The van der Waals surface area contributed by atoms with E-state index in [4.69, 9.17) is 10.00 Å². The van der Waals surface area contributed by atoms with Crippen LogP contribution in [0.5, 0.6) is 5.88 Å². The van der Waals surface area contributed by atoms with Crippen molar-refractivity contribution in [2.45, 2.75) is 26.3 Å². The summed E-state index contributed by atoms with van der Waals surface area (Å²) in [6, 6.07) is 2.20. The van der Waals surface area contributed by atoms with Gasteiger partial charge in [-0.2, -0.15) is 15.3 Å². The predicted molar refractivity (Wildman–Crippen MR) is 81.5 cm³/mol. The van der Waals surface area contributed by atoms with Crippen molar-refractivity contribution in [1.82, 2.24) is 19.7 Å². The molecule has 0 radical (unpaired) electrons. The van der Waals surface area contributed by atoms with E-state index in [0.29, 0.717) is 16.3 Å². The second-order valence-electron chi connectivity index (χ2n) is 4.92. The molecule has 110 valence electrons. The van der Waals surface area contributed by atoms with Gasteiger partial charge in [0.05, 0.1) is 41.4 Å². The molecule has 0 aromatic carbocycles. The SMILES string of the molecule is COc1nc(Nc2cn(C(C)(C)C#N)nc2C)ncc1Br. The number of nitriles is 1. The summed E-state index contributed by atoms with van der Waals surface area (Å²) in [7, 11) is 1.54. The van der Waals surface area contributed by atoms with Gasteiger partial charge in [0.15, 0.2) is 0 Å². The van der Waals surface area contributed by atoms with Crippen LogP contribution in [0, 0.1) is 18.3 Å². The van der Waals surface area contributed by atoms with Gasteiger partial charge in [-0.1, -0.05) is 0 Å². The van der Waals surface area contributed by atoms with E-state index in [1.165, 1.54) is 7.11 Å². The molecule has 2 rings (SSSR count). The standard InChI is InChI=1S/C13H15BrN6O/c1-8-10(6-20(19-8)13(2,3)7-15)17-12-16-5-9(14)11(18-12)21-4/h5-6H,1-4H3,(H,16,17,18). The minimum Gasteiger partial charge on any atom is -0.480 e. The summed E-state index contributed by atoms with van der Waals surface area (Å²) in [5, 5.41) is 16.6. The average molecular weight is 351 g/mol. The summed E-state index contributed by atoms with van der Waals surface area (Å²) in [5.41, 5.74) is 0.773. The van der Waals surface area contributed by atoms with Gasteiger partial charge in [-0.3, -0.25) is 4.68 Å². The van der Waals surface area contributed by atoms with E-state index in [1.54, 1.807) is 30.9 Å². The van der Waals surface area contributed by atoms with E-state index in [1.807, 2.05) is 6.92 Å². The Morgan fingerprint density at radius 2 is 2.19 bits per heavy atom. The average Bonchev–Trinajstić information content (AvgIpc) is 2.83. The van der Waals surface area contributed by atoms with E-state index < -0.39 is 5.54 Å². The molecule has 0 spiro atoms. The zero-order valence-electron chi connectivity index (χ0n) is 12.2. The van der Waals surface area contributed by atoms with Gasteiger partial charge in [-0.25, -0.2) is 4.98 Å². The molecule has 0 amide bonds. The van der Waals surface area contributed by atoms with Crippen LogP contribution < -0.4 is 10.1 Å². The highest BCUT2D eigenvalue weighted by molar-refractivity contribution is 9.10. The Labute approximate surface area is 131 Å². The Hall–Kier alpha value is -2.14. The quantitative estimate of drug-likeness (QED) is 0.911. The van der Waals surface area contributed by atoms with Crippen molar-refractivity contribution < 1.29 is 4.74 Å². The van der Waals surface area contributed by atoms with E-state index in [0.717, 1.165) is 11.4 Å². The lowest BCUT2D eigenvalue weighted by Gasteiger charge is -2.15. The molecule has 21 heavy (non-hydrogen) atoms. The Morgan fingerprint density at radius 1 is 1.48 bits per heavy atom. The molecule has 0 aliphatic heterocycles. The van der Waals surface area contributed by atoms with Crippen LogP contribution in [0.3, 0.4) is 0 Å². The topological polar surface area (TPSA) is 88.6 Å². The van der Waals surface area contributed by atoms with Crippen LogP contribution in [0.25, 0.3) is 0 Å². The normalized spacial score (nSPS) is 11.0. The van der Waals surface area contributed by atoms with Crippen molar-refractivity contribution in [3.63, 3.8) is 0 Å². The molecule has 0 aliphatic rings. The van der Waals surface area contributed by atoms with Gasteiger partial charge < -0.3 is 10.1 Å². The summed E-state index contributed by atoms with van der Waals surface area (Å²) in [6.07, 6.45) is 3.36. The molecule has 2 heterocycles. The summed E-state index contributed by atoms with van der Waals surface area (Å²) in [5.74, 6) is 0.836. The monoisotopic (exact) mass is 350 g/mol. The van der Waals surface area contributed by atoms with Gasteiger partial charge in [-0.05, 0) is 36.7 Å². The number of aromatic nitrogens is 4. The van der Waals surface area contributed by atoms with Gasteiger partial charge in [0.25, 0.3) is 0 Å². The van der Waals surface area contributed by atoms with Crippen molar-refractivity contribution >= 4 is 27.6 Å². The maximum absolute atomic E-state index is 9.16. The number of aryl methyl sites for hydroxylation is 1. The van der Waals surface area contributed by atoms with Crippen LogP contribution in [0.2, 0.25) is 0 Å². The number of nitrogens with zero attached hydrogens (tertiary/aromatic N) is 5. The third-order valence-corrected chi connectivity index (χ3v) is 3.44. The maximum Gasteiger partial charge on any atom is 0.232 e. The van der Waals surface area contributed by atoms with Crippen LogP contribution in [-0.2, 0) is 5.54 Å². The van der Waals surface area contributed by atoms with Crippen LogP contribution in [0.1, 0.15) is 19.5 Å². The first-order chi connectivity index (χ1) is 9.87. The van der Waals surface area contributed by atoms with Crippen molar-refractivity contribution in [3.05, 3.63) is 22.6 Å². The smallest absolute Gasteiger partial charge is 0.232 e. The number of ether oxygens (including phenoxy) is 1. The van der Waals surface area contributed by atoms with E-state index in [-0.39, 0.29) is 0 Å². The summed E-state index contributed by atoms with van der Waals surface area (Å²) in [6.45, 7) is 5.44. The number of rotatable bonds is 4. The van der Waals surface area contributed by atoms with Crippen molar-refractivity contribution in [2.24, 2.45) is 0 Å². The lowest BCUT2D eigenvalue weighted by Crippen LogP contribution is -2.24. The Balaban J connectivity index is 2.31. The number of hydrogen-bond acceptors (Lipinski definition) is 6.